The maximum Gasteiger partial charge on any atom is 0.0307 e. The molecule has 2 fully saturated rings. The number of rotatable bonds is 4. The highest BCUT2D eigenvalue weighted by Gasteiger charge is 2.36. The summed E-state index contributed by atoms with van der Waals surface area (Å²) in [5, 5.41) is 3.88. The van der Waals surface area contributed by atoms with Gasteiger partial charge in [-0.25, -0.2) is 0 Å². The summed E-state index contributed by atoms with van der Waals surface area (Å²) in [6, 6.07) is 0.705. The van der Waals surface area contributed by atoms with Gasteiger partial charge < -0.3 is 5.32 Å². The summed E-state index contributed by atoms with van der Waals surface area (Å²) in [6.07, 6.45) is 20.2. The van der Waals surface area contributed by atoms with Crippen molar-refractivity contribution in [2.24, 2.45) is 17.8 Å². The average molecular weight is 290 g/mol. The Morgan fingerprint density at radius 1 is 1.00 bits per heavy atom. The monoisotopic (exact) mass is 289 g/mol. The first kappa shape index (κ1) is 15.6. The minimum absolute atomic E-state index is 0.705. The predicted molar refractivity (Wildman–Crippen MR) is 91.4 cm³/mol. The number of allylic oxidation sites excluding steroid dienone is 1. The molecule has 0 aromatic heterocycles. The van der Waals surface area contributed by atoms with Crippen LogP contribution in [0, 0.1) is 17.8 Å². The van der Waals surface area contributed by atoms with Crippen molar-refractivity contribution in [1.29, 1.82) is 0 Å². The van der Waals surface area contributed by atoms with Gasteiger partial charge in [0, 0.05) is 6.04 Å². The van der Waals surface area contributed by atoms with Gasteiger partial charge in [-0.3, -0.25) is 0 Å². The van der Waals surface area contributed by atoms with E-state index in [0.29, 0.717) is 6.04 Å². The minimum Gasteiger partial charge on any atom is -0.310 e. The van der Waals surface area contributed by atoms with Gasteiger partial charge in [0.25, 0.3) is 0 Å². The van der Waals surface area contributed by atoms with Crippen LogP contribution in [0.4, 0.5) is 0 Å². The number of hydrogen-bond acceptors (Lipinski definition) is 1. The fourth-order valence-corrected chi connectivity index (χ4v) is 5.36. The second kappa shape index (κ2) is 7.81. The van der Waals surface area contributed by atoms with E-state index in [1.165, 1.54) is 77.0 Å². The van der Waals surface area contributed by atoms with E-state index in [0.717, 1.165) is 24.3 Å². The summed E-state index contributed by atoms with van der Waals surface area (Å²) in [5.74, 6) is 3.07. The quantitative estimate of drug-likeness (QED) is 0.677. The van der Waals surface area contributed by atoms with Crippen LogP contribution in [0.5, 0.6) is 0 Å². The number of likely N-dealkylation sites (N-methyl/N-ethyl adjacent to an activating group) is 1. The summed E-state index contributed by atoms with van der Waals surface area (Å²) in [4.78, 5) is 0. The maximum absolute atomic E-state index is 3.88. The Morgan fingerprint density at radius 3 is 2.71 bits per heavy atom. The lowest BCUT2D eigenvalue weighted by atomic mass is 9.65. The van der Waals surface area contributed by atoms with E-state index in [4.69, 9.17) is 0 Å². The van der Waals surface area contributed by atoms with E-state index in [2.05, 4.69) is 18.3 Å². The largest absolute Gasteiger partial charge is 0.310 e. The predicted octanol–water partition coefficient (Wildman–Crippen LogP) is 5.46. The molecular formula is C20H35N. The molecule has 4 unspecified atom stereocenters. The van der Waals surface area contributed by atoms with E-state index < -0.39 is 0 Å². The lowest BCUT2D eigenvalue weighted by Gasteiger charge is -2.42. The lowest BCUT2D eigenvalue weighted by Crippen LogP contribution is -2.42. The first-order chi connectivity index (χ1) is 10.4. The van der Waals surface area contributed by atoms with Crippen LogP contribution in [0.2, 0.25) is 0 Å². The maximum atomic E-state index is 3.88. The lowest BCUT2D eigenvalue weighted by molar-refractivity contribution is 0.115. The van der Waals surface area contributed by atoms with Crippen LogP contribution in [0.25, 0.3) is 0 Å². The zero-order valence-electron chi connectivity index (χ0n) is 14.1. The standard InChI is InChI=1S/C20H35N/c1-2-21-20(17-10-5-3-4-6-11-17)19-14-13-16-9-7-8-12-18(16)15-19/h10,16,18-21H,2-9,11-15H2,1H3. The number of nitrogens with one attached hydrogen (secondary N) is 1. The molecule has 0 heterocycles. The molecule has 0 bridgehead atoms. The smallest absolute Gasteiger partial charge is 0.0307 e. The molecule has 0 aromatic carbocycles. The van der Waals surface area contributed by atoms with E-state index >= 15 is 0 Å². The third-order valence-corrected chi connectivity index (χ3v) is 6.45. The topological polar surface area (TPSA) is 12.0 Å². The molecular weight excluding hydrogens is 254 g/mol. The highest BCUT2D eigenvalue weighted by molar-refractivity contribution is 5.14. The van der Waals surface area contributed by atoms with Crippen LogP contribution in [0.15, 0.2) is 11.6 Å². The molecule has 0 radical (unpaired) electrons. The highest BCUT2D eigenvalue weighted by atomic mass is 14.9. The van der Waals surface area contributed by atoms with E-state index in [1.54, 1.807) is 5.57 Å². The van der Waals surface area contributed by atoms with Crippen LogP contribution < -0.4 is 5.32 Å². The van der Waals surface area contributed by atoms with Crippen LogP contribution in [0.3, 0.4) is 0 Å². The SMILES string of the molecule is CCNC(C1=CCCCCC1)C1CCC2CCCCC2C1. The molecule has 0 saturated heterocycles. The van der Waals surface area contributed by atoms with Crippen LogP contribution in [-0.4, -0.2) is 12.6 Å². The zero-order valence-corrected chi connectivity index (χ0v) is 14.1. The minimum atomic E-state index is 0.705. The summed E-state index contributed by atoms with van der Waals surface area (Å²) < 4.78 is 0. The second-order valence-corrected chi connectivity index (χ2v) is 7.79. The van der Waals surface area contributed by atoms with Crippen molar-refractivity contribution in [3.05, 3.63) is 11.6 Å². The molecule has 0 spiro atoms. The summed E-state index contributed by atoms with van der Waals surface area (Å²) in [5.41, 5.74) is 1.77. The Morgan fingerprint density at radius 2 is 1.86 bits per heavy atom. The van der Waals surface area contributed by atoms with Crippen LogP contribution in [-0.2, 0) is 0 Å². The van der Waals surface area contributed by atoms with Crippen molar-refractivity contribution in [2.45, 2.75) is 90.0 Å². The van der Waals surface area contributed by atoms with E-state index in [9.17, 15) is 0 Å². The molecule has 0 aliphatic heterocycles. The van der Waals surface area contributed by atoms with Crippen molar-refractivity contribution in [2.75, 3.05) is 6.54 Å². The summed E-state index contributed by atoms with van der Waals surface area (Å²) in [6.45, 7) is 3.42. The molecule has 3 rings (SSSR count). The highest BCUT2D eigenvalue weighted by Crippen LogP contribution is 2.44. The molecule has 120 valence electrons. The Labute approximate surface area is 132 Å². The molecule has 1 N–H and O–H groups in total. The molecule has 0 amide bonds. The van der Waals surface area contributed by atoms with Gasteiger partial charge >= 0.3 is 0 Å². The van der Waals surface area contributed by atoms with Crippen molar-refractivity contribution in [3.8, 4) is 0 Å². The van der Waals surface area contributed by atoms with E-state index in [1.807, 2.05) is 0 Å². The molecule has 2 saturated carbocycles. The number of hydrogen-bond donors (Lipinski definition) is 1. The Balaban J connectivity index is 1.67. The zero-order chi connectivity index (χ0) is 14.5. The normalized spacial score (nSPS) is 35.5. The average Bonchev–Trinajstić information content (AvgIpc) is 2.81. The van der Waals surface area contributed by atoms with Gasteiger partial charge in [-0.2, -0.15) is 0 Å². The van der Waals surface area contributed by atoms with Crippen molar-refractivity contribution < 1.29 is 0 Å². The summed E-state index contributed by atoms with van der Waals surface area (Å²) >= 11 is 0. The van der Waals surface area contributed by atoms with Crippen LogP contribution in [0.1, 0.15) is 84.0 Å². The van der Waals surface area contributed by atoms with Gasteiger partial charge in [0.2, 0.25) is 0 Å². The Bertz CT molecular complexity index is 346. The van der Waals surface area contributed by atoms with Gasteiger partial charge in [-0.1, -0.05) is 50.7 Å². The van der Waals surface area contributed by atoms with Crippen molar-refractivity contribution >= 4 is 0 Å². The Hall–Kier alpha value is -0.300. The first-order valence-electron chi connectivity index (χ1n) is 9.80. The third-order valence-electron chi connectivity index (χ3n) is 6.45. The van der Waals surface area contributed by atoms with Gasteiger partial charge in [-0.15, -0.1) is 0 Å². The van der Waals surface area contributed by atoms with Crippen molar-refractivity contribution in [1.82, 2.24) is 5.32 Å². The van der Waals surface area contributed by atoms with Crippen LogP contribution >= 0.6 is 0 Å². The molecule has 3 aliphatic rings. The summed E-state index contributed by atoms with van der Waals surface area (Å²) in [7, 11) is 0. The molecule has 1 nitrogen and oxygen atoms in total. The van der Waals surface area contributed by atoms with Gasteiger partial charge in [-0.05, 0) is 69.2 Å². The molecule has 0 aromatic rings. The number of fused-ring (bicyclic) bond motifs is 1. The van der Waals surface area contributed by atoms with Gasteiger partial charge in [0.15, 0.2) is 0 Å². The van der Waals surface area contributed by atoms with E-state index in [-0.39, 0.29) is 0 Å². The second-order valence-electron chi connectivity index (χ2n) is 7.79. The molecule has 4 atom stereocenters. The molecule has 21 heavy (non-hydrogen) atoms. The third kappa shape index (κ3) is 3.92. The fourth-order valence-electron chi connectivity index (χ4n) is 5.36. The van der Waals surface area contributed by atoms with Crippen molar-refractivity contribution in [3.63, 3.8) is 0 Å². The Kier molecular flexibility index (Phi) is 5.80. The van der Waals surface area contributed by atoms with Gasteiger partial charge in [0.05, 0.1) is 0 Å². The fraction of sp³-hybridized carbons (Fsp3) is 0.900. The molecule has 3 aliphatic carbocycles. The molecule has 1 heteroatoms. The first-order valence-corrected chi connectivity index (χ1v) is 9.80. The van der Waals surface area contributed by atoms with Gasteiger partial charge in [0.1, 0.15) is 0 Å².